The van der Waals surface area contributed by atoms with Crippen molar-refractivity contribution in [2.75, 3.05) is 39.9 Å². The van der Waals surface area contributed by atoms with Gasteiger partial charge in [-0.3, -0.25) is 0 Å². The number of likely N-dealkylation sites (N-methyl/N-ethyl adjacent to an activating group) is 1. The lowest BCUT2D eigenvalue weighted by Crippen LogP contribution is -2.46. The van der Waals surface area contributed by atoms with Crippen molar-refractivity contribution >= 4 is 0 Å². The van der Waals surface area contributed by atoms with Crippen molar-refractivity contribution in [3.05, 3.63) is 0 Å². The minimum absolute atomic E-state index is 0.765. The molecule has 0 amide bonds. The highest BCUT2D eigenvalue weighted by Crippen LogP contribution is 2.18. The Labute approximate surface area is 93.2 Å². The van der Waals surface area contributed by atoms with Crippen LogP contribution in [-0.4, -0.2) is 50.8 Å². The van der Waals surface area contributed by atoms with Crippen LogP contribution in [0.2, 0.25) is 0 Å². The Morgan fingerprint density at radius 3 is 2.73 bits per heavy atom. The van der Waals surface area contributed by atoms with Crippen LogP contribution in [-0.2, 0) is 4.74 Å². The minimum atomic E-state index is 0.765. The number of hydrogen-bond donors (Lipinski definition) is 1. The van der Waals surface area contributed by atoms with E-state index in [1.54, 1.807) is 0 Å². The van der Waals surface area contributed by atoms with Crippen molar-refractivity contribution in [2.45, 2.75) is 31.7 Å². The van der Waals surface area contributed by atoms with E-state index in [2.05, 4.69) is 17.3 Å². The number of nitrogens with zero attached hydrogens (tertiary/aromatic N) is 1. The van der Waals surface area contributed by atoms with Crippen molar-refractivity contribution in [1.29, 1.82) is 0 Å². The average molecular weight is 212 g/mol. The van der Waals surface area contributed by atoms with Crippen LogP contribution < -0.4 is 5.32 Å². The zero-order chi connectivity index (χ0) is 10.5. The SMILES string of the molecule is CN(CC1CCOCC1)[C@@H]1CCCNC1. The summed E-state index contributed by atoms with van der Waals surface area (Å²) in [5.41, 5.74) is 0. The van der Waals surface area contributed by atoms with Gasteiger partial charge in [-0.2, -0.15) is 0 Å². The van der Waals surface area contributed by atoms with Crippen molar-refractivity contribution in [1.82, 2.24) is 10.2 Å². The first kappa shape index (κ1) is 11.4. The largest absolute Gasteiger partial charge is 0.381 e. The molecule has 1 atom stereocenters. The molecule has 3 heteroatoms. The number of nitrogens with one attached hydrogen (secondary N) is 1. The van der Waals surface area contributed by atoms with E-state index in [0.717, 1.165) is 25.2 Å². The molecule has 0 aromatic rings. The van der Waals surface area contributed by atoms with Crippen molar-refractivity contribution in [3.63, 3.8) is 0 Å². The van der Waals surface area contributed by atoms with Crippen molar-refractivity contribution < 1.29 is 4.74 Å². The Bertz CT molecular complexity index is 174. The van der Waals surface area contributed by atoms with Crippen LogP contribution in [0.5, 0.6) is 0 Å². The van der Waals surface area contributed by atoms with E-state index < -0.39 is 0 Å². The number of rotatable bonds is 3. The standard InChI is InChI=1S/C12H24N2O/c1-14(12-3-2-6-13-9-12)10-11-4-7-15-8-5-11/h11-13H,2-10H2,1H3/t12-/m1/s1. The molecule has 0 aliphatic carbocycles. The van der Waals surface area contributed by atoms with E-state index in [9.17, 15) is 0 Å². The van der Waals surface area contributed by atoms with Gasteiger partial charge in [-0.1, -0.05) is 0 Å². The van der Waals surface area contributed by atoms with Gasteiger partial charge in [-0.15, -0.1) is 0 Å². The summed E-state index contributed by atoms with van der Waals surface area (Å²) >= 11 is 0. The molecule has 15 heavy (non-hydrogen) atoms. The minimum Gasteiger partial charge on any atom is -0.381 e. The summed E-state index contributed by atoms with van der Waals surface area (Å²) in [5, 5.41) is 3.49. The van der Waals surface area contributed by atoms with Crippen LogP contribution in [0, 0.1) is 5.92 Å². The summed E-state index contributed by atoms with van der Waals surface area (Å²) in [6.07, 6.45) is 5.21. The fourth-order valence-corrected chi connectivity index (χ4v) is 2.69. The fraction of sp³-hybridized carbons (Fsp3) is 1.00. The molecule has 2 aliphatic rings. The van der Waals surface area contributed by atoms with Gasteiger partial charge in [0, 0.05) is 32.3 Å². The van der Waals surface area contributed by atoms with Gasteiger partial charge in [0.05, 0.1) is 0 Å². The van der Waals surface area contributed by atoms with Gasteiger partial charge in [0.2, 0.25) is 0 Å². The van der Waals surface area contributed by atoms with Crippen LogP contribution in [0.25, 0.3) is 0 Å². The first-order valence-electron chi connectivity index (χ1n) is 6.35. The summed E-state index contributed by atoms with van der Waals surface area (Å²) in [5.74, 6) is 0.866. The van der Waals surface area contributed by atoms with E-state index in [0.29, 0.717) is 0 Å². The molecule has 2 fully saturated rings. The maximum atomic E-state index is 5.40. The molecule has 0 radical (unpaired) electrons. The topological polar surface area (TPSA) is 24.5 Å². The summed E-state index contributed by atoms with van der Waals surface area (Å²) in [6.45, 7) is 5.60. The highest BCUT2D eigenvalue weighted by molar-refractivity contribution is 4.78. The van der Waals surface area contributed by atoms with Crippen molar-refractivity contribution in [2.24, 2.45) is 5.92 Å². The quantitative estimate of drug-likeness (QED) is 0.758. The molecule has 0 aromatic heterocycles. The smallest absolute Gasteiger partial charge is 0.0469 e. The van der Waals surface area contributed by atoms with Crippen LogP contribution >= 0.6 is 0 Å². The Kier molecular flexibility index (Phi) is 4.42. The lowest BCUT2D eigenvalue weighted by molar-refractivity contribution is 0.0484. The second kappa shape index (κ2) is 5.83. The van der Waals surface area contributed by atoms with Gasteiger partial charge >= 0.3 is 0 Å². The molecule has 3 nitrogen and oxygen atoms in total. The Morgan fingerprint density at radius 2 is 2.07 bits per heavy atom. The van der Waals surface area contributed by atoms with E-state index in [1.807, 2.05) is 0 Å². The Balaban J connectivity index is 1.72. The first-order chi connectivity index (χ1) is 7.36. The molecule has 0 aromatic carbocycles. The molecule has 1 N–H and O–H groups in total. The van der Waals surface area contributed by atoms with Crippen molar-refractivity contribution in [3.8, 4) is 0 Å². The second-order valence-electron chi connectivity index (χ2n) is 5.00. The lowest BCUT2D eigenvalue weighted by Gasteiger charge is -2.35. The maximum absolute atomic E-state index is 5.40. The van der Waals surface area contributed by atoms with E-state index >= 15 is 0 Å². The summed E-state index contributed by atoms with van der Waals surface area (Å²) in [4.78, 5) is 2.56. The third-order valence-corrected chi connectivity index (χ3v) is 3.78. The van der Waals surface area contributed by atoms with Crippen LogP contribution in [0.4, 0.5) is 0 Å². The third-order valence-electron chi connectivity index (χ3n) is 3.78. The molecule has 0 spiro atoms. The summed E-state index contributed by atoms with van der Waals surface area (Å²) in [7, 11) is 2.28. The van der Waals surface area contributed by atoms with E-state index in [1.165, 1.54) is 45.3 Å². The number of piperidine rings is 1. The Hall–Kier alpha value is -0.120. The molecule has 0 unspecified atom stereocenters. The molecule has 0 saturated carbocycles. The zero-order valence-electron chi connectivity index (χ0n) is 9.87. The molecular formula is C12H24N2O. The molecular weight excluding hydrogens is 188 g/mol. The van der Waals surface area contributed by atoms with Gasteiger partial charge in [0.15, 0.2) is 0 Å². The van der Waals surface area contributed by atoms with Gasteiger partial charge in [0.1, 0.15) is 0 Å². The van der Waals surface area contributed by atoms with Crippen LogP contribution in [0.3, 0.4) is 0 Å². The highest BCUT2D eigenvalue weighted by Gasteiger charge is 2.21. The van der Waals surface area contributed by atoms with Crippen LogP contribution in [0.1, 0.15) is 25.7 Å². The zero-order valence-corrected chi connectivity index (χ0v) is 9.87. The summed E-state index contributed by atoms with van der Waals surface area (Å²) in [6, 6.07) is 0.765. The second-order valence-corrected chi connectivity index (χ2v) is 5.00. The lowest BCUT2D eigenvalue weighted by atomic mass is 9.98. The molecule has 2 rings (SSSR count). The molecule has 2 saturated heterocycles. The molecule has 88 valence electrons. The summed E-state index contributed by atoms with van der Waals surface area (Å²) < 4.78 is 5.40. The normalized spacial score (nSPS) is 29.6. The van der Waals surface area contributed by atoms with Crippen LogP contribution in [0.15, 0.2) is 0 Å². The molecule has 2 aliphatic heterocycles. The first-order valence-corrected chi connectivity index (χ1v) is 6.35. The third kappa shape index (κ3) is 3.44. The maximum Gasteiger partial charge on any atom is 0.0469 e. The molecule has 0 bridgehead atoms. The number of hydrogen-bond acceptors (Lipinski definition) is 3. The highest BCUT2D eigenvalue weighted by atomic mass is 16.5. The van der Waals surface area contributed by atoms with Gasteiger partial charge in [-0.05, 0) is 45.2 Å². The predicted molar refractivity (Wildman–Crippen MR) is 62.1 cm³/mol. The van der Waals surface area contributed by atoms with Gasteiger partial charge < -0.3 is 15.0 Å². The van der Waals surface area contributed by atoms with E-state index in [-0.39, 0.29) is 0 Å². The molecule has 2 heterocycles. The van der Waals surface area contributed by atoms with Gasteiger partial charge in [-0.25, -0.2) is 0 Å². The Morgan fingerprint density at radius 1 is 1.27 bits per heavy atom. The predicted octanol–water partition coefficient (Wildman–Crippen LogP) is 1.10. The monoisotopic (exact) mass is 212 g/mol. The fourth-order valence-electron chi connectivity index (χ4n) is 2.69. The number of ether oxygens (including phenoxy) is 1. The average Bonchev–Trinajstić information content (AvgIpc) is 2.31. The van der Waals surface area contributed by atoms with E-state index in [4.69, 9.17) is 4.74 Å². The van der Waals surface area contributed by atoms with Gasteiger partial charge in [0.25, 0.3) is 0 Å².